The van der Waals surface area contributed by atoms with Crippen LogP contribution in [0.3, 0.4) is 0 Å². The summed E-state index contributed by atoms with van der Waals surface area (Å²) >= 11 is 0. The molecule has 0 spiro atoms. The van der Waals surface area contributed by atoms with Gasteiger partial charge >= 0.3 is 5.97 Å². The quantitative estimate of drug-likeness (QED) is 0.281. The van der Waals surface area contributed by atoms with Crippen LogP contribution in [-0.4, -0.2) is 74.7 Å². The average molecular weight is 368 g/mol. The molecule has 7 nitrogen and oxygen atoms in total. The van der Waals surface area contributed by atoms with E-state index in [2.05, 4.69) is 0 Å². The van der Waals surface area contributed by atoms with Gasteiger partial charge in [-0.05, 0) is 19.3 Å². The Morgan fingerprint density at radius 3 is 2.61 bits per heavy atom. The Kier molecular flexibility index (Phi) is 7.93. The van der Waals surface area contributed by atoms with Crippen LogP contribution in [0.25, 0.3) is 0 Å². The number of aliphatic hydroxyl groups is 4. The van der Waals surface area contributed by atoms with Crippen molar-refractivity contribution >= 4 is 27.6 Å². The van der Waals surface area contributed by atoms with Crippen molar-refractivity contribution in [2.24, 2.45) is 0 Å². The highest BCUT2D eigenvalue weighted by atomic mass is 33.1. The van der Waals surface area contributed by atoms with Crippen LogP contribution in [0.15, 0.2) is 0 Å². The molecular formula is C14H24O7S2. The van der Waals surface area contributed by atoms with Crippen molar-refractivity contribution in [2.75, 3.05) is 12.4 Å². The fourth-order valence-corrected chi connectivity index (χ4v) is 5.59. The first-order chi connectivity index (χ1) is 11.0. The Labute approximate surface area is 143 Å². The molecule has 4 N–H and O–H groups in total. The maximum Gasteiger partial charge on any atom is 0.308 e. The number of aliphatic hydroxyl groups excluding tert-OH is 4. The molecule has 0 bridgehead atoms. The number of ether oxygens (including phenoxy) is 2. The van der Waals surface area contributed by atoms with Gasteiger partial charge in [0.1, 0.15) is 24.4 Å². The van der Waals surface area contributed by atoms with Gasteiger partial charge in [0.05, 0.1) is 6.61 Å². The third kappa shape index (κ3) is 5.48. The molecule has 9 heteroatoms. The highest BCUT2D eigenvalue weighted by molar-refractivity contribution is 8.77. The summed E-state index contributed by atoms with van der Waals surface area (Å²) in [4.78, 5) is 11.8. The Morgan fingerprint density at radius 1 is 1.17 bits per heavy atom. The second kappa shape index (κ2) is 9.45. The minimum Gasteiger partial charge on any atom is -0.433 e. The summed E-state index contributed by atoms with van der Waals surface area (Å²) in [6.45, 7) is -0.546. The van der Waals surface area contributed by atoms with E-state index in [-0.39, 0.29) is 6.42 Å². The molecule has 0 amide bonds. The summed E-state index contributed by atoms with van der Waals surface area (Å²) in [5, 5.41) is 38.8. The minimum absolute atomic E-state index is 0.208. The topological polar surface area (TPSA) is 116 Å². The van der Waals surface area contributed by atoms with Gasteiger partial charge in [-0.2, -0.15) is 0 Å². The van der Waals surface area contributed by atoms with E-state index >= 15 is 0 Å². The molecule has 2 fully saturated rings. The highest BCUT2D eigenvalue weighted by Gasteiger charge is 2.45. The maximum atomic E-state index is 11.8. The number of carbonyl (C=O) groups is 1. The molecule has 0 aromatic carbocycles. The molecule has 134 valence electrons. The third-order valence-corrected chi connectivity index (χ3v) is 6.99. The largest absolute Gasteiger partial charge is 0.433 e. The highest BCUT2D eigenvalue weighted by Crippen LogP contribution is 2.39. The van der Waals surface area contributed by atoms with E-state index in [9.17, 15) is 20.1 Å². The van der Waals surface area contributed by atoms with Crippen LogP contribution in [0.5, 0.6) is 0 Å². The van der Waals surface area contributed by atoms with Gasteiger partial charge in [-0.25, -0.2) is 0 Å². The minimum atomic E-state index is -1.54. The predicted molar refractivity (Wildman–Crippen MR) is 86.8 cm³/mol. The van der Waals surface area contributed by atoms with Crippen molar-refractivity contribution in [1.29, 1.82) is 0 Å². The van der Waals surface area contributed by atoms with Crippen LogP contribution in [-0.2, 0) is 14.3 Å². The number of carbonyl (C=O) groups excluding carboxylic acids is 1. The standard InChI is InChI=1S/C14H24O7S2/c15-7-9-11(17)12(18)13(19)14(20-9)21-10(16)4-2-1-3-8-5-6-22-23-8/h8-9,11-15,17-19H,1-7H2. The number of hydrogen-bond acceptors (Lipinski definition) is 9. The average Bonchev–Trinajstić information content (AvgIpc) is 3.05. The molecule has 2 heterocycles. The van der Waals surface area contributed by atoms with Crippen molar-refractivity contribution < 1.29 is 34.7 Å². The predicted octanol–water partition coefficient (Wildman–Crippen LogP) is 0.0436. The normalized spacial score (nSPS) is 37.7. The second-order valence-electron chi connectivity index (χ2n) is 5.76. The van der Waals surface area contributed by atoms with E-state index in [1.807, 2.05) is 21.6 Å². The molecule has 6 unspecified atom stereocenters. The zero-order valence-electron chi connectivity index (χ0n) is 12.7. The van der Waals surface area contributed by atoms with Gasteiger partial charge in [0, 0.05) is 17.4 Å². The molecule has 0 aliphatic carbocycles. The maximum absolute atomic E-state index is 11.8. The molecule has 0 aromatic rings. The summed E-state index contributed by atoms with van der Waals surface area (Å²) in [6, 6.07) is 0. The number of rotatable bonds is 7. The number of hydrogen-bond donors (Lipinski definition) is 4. The molecular weight excluding hydrogens is 344 g/mol. The van der Waals surface area contributed by atoms with Crippen LogP contribution in [0.1, 0.15) is 32.1 Å². The van der Waals surface area contributed by atoms with E-state index in [1.54, 1.807) is 0 Å². The summed E-state index contributed by atoms with van der Waals surface area (Å²) < 4.78 is 10.2. The zero-order chi connectivity index (χ0) is 16.8. The van der Waals surface area contributed by atoms with Gasteiger partial charge in [0.2, 0.25) is 6.29 Å². The van der Waals surface area contributed by atoms with Crippen molar-refractivity contribution in [3.63, 3.8) is 0 Å². The Balaban J connectivity index is 1.68. The molecule has 0 saturated carbocycles. The SMILES string of the molecule is O=C(CCCCC1CCSS1)OC1OC(CO)C(O)C(O)C1O. The van der Waals surface area contributed by atoms with E-state index < -0.39 is 43.3 Å². The second-order valence-corrected chi connectivity index (χ2v) is 8.55. The fraction of sp³-hybridized carbons (Fsp3) is 0.929. The van der Waals surface area contributed by atoms with Gasteiger partial charge < -0.3 is 29.9 Å². The Bertz CT molecular complexity index is 376. The van der Waals surface area contributed by atoms with Crippen LogP contribution < -0.4 is 0 Å². The Hall–Kier alpha value is -0.0300. The van der Waals surface area contributed by atoms with E-state index in [1.165, 1.54) is 12.2 Å². The molecule has 2 saturated heterocycles. The lowest BCUT2D eigenvalue weighted by molar-refractivity contribution is -0.292. The summed E-state index contributed by atoms with van der Waals surface area (Å²) in [6.07, 6.45) is -2.84. The number of unbranched alkanes of at least 4 members (excludes halogenated alkanes) is 1. The van der Waals surface area contributed by atoms with Gasteiger partial charge in [0.15, 0.2) is 0 Å². The first kappa shape index (κ1) is 19.3. The van der Waals surface area contributed by atoms with E-state index in [4.69, 9.17) is 14.6 Å². The van der Waals surface area contributed by atoms with Crippen molar-refractivity contribution in [1.82, 2.24) is 0 Å². The fourth-order valence-electron chi connectivity index (χ4n) is 2.56. The summed E-state index contributed by atoms with van der Waals surface area (Å²) in [7, 11) is 3.79. The molecule has 2 rings (SSSR count). The first-order valence-electron chi connectivity index (χ1n) is 7.81. The van der Waals surface area contributed by atoms with Crippen LogP contribution in [0.4, 0.5) is 0 Å². The molecule has 2 aliphatic heterocycles. The lowest BCUT2D eigenvalue weighted by Gasteiger charge is -2.39. The Morgan fingerprint density at radius 2 is 1.96 bits per heavy atom. The van der Waals surface area contributed by atoms with Crippen molar-refractivity contribution in [3.8, 4) is 0 Å². The monoisotopic (exact) mass is 368 g/mol. The third-order valence-electron chi connectivity index (χ3n) is 3.98. The smallest absolute Gasteiger partial charge is 0.308 e. The lowest BCUT2D eigenvalue weighted by atomic mass is 9.99. The van der Waals surface area contributed by atoms with Crippen LogP contribution in [0.2, 0.25) is 0 Å². The van der Waals surface area contributed by atoms with Gasteiger partial charge in [-0.15, -0.1) is 0 Å². The molecule has 0 radical (unpaired) electrons. The lowest BCUT2D eigenvalue weighted by Crippen LogP contribution is -2.59. The molecule has 0 aromatic heterocycles. The van der Waals surface area contributed by atoms with Crippen molar-refractivity contribution in [3.05, 3.63) is 0 Å². The van der Waals surface area contributed by atoms with Crippen LogP contribution in [0, 0.1) is 0 Å². The summed E-state index contributed by atoms with van der Waals surface area (Å²) in [5.74, 6) is 0.664. The van der Waals surface area contributed by atoms with Crippen LogP contribution >= 0.6 is 21.6 Å². The van der Waals surface area contributed by atoms with Gasteiger partial charge in [-0.1, -0.05) is 28.0 Å². The van der Waals surface area contributed by atoms with Crippen molar-refractivity contribution in [2.45, 2.75) is 68.1 Å². The van der Waals surface area contributed by atoms with E-state index in [0.717, 1.165) is 12.8 Å². The number of esters is 1. The van der Waals surface area contributed by atoms with Gasteiger partial charge in [-0.3, -0.25) is 4.79 Å². The van der Waals surface area contributed by atoms with Gasteiger partial charge in [0.25, 0.3) is 0 Å². The zero-order valence-corrected chi connectivity index (χ0v) is 14.4. The first-order valence-corrected chi connectivity index (χ1v) is 10.2. The molecule has 2 aliphatic rings. The molecule has 23 heavy (non-hydrogen) atoms. The summed E-state index contributed by atoms with van der Waals surface area (Å²) in [5.41, 5.74) is 0. The molecule has 6 atom stereocenters. The van der Waals surface area contributed by atoms with E-state index in [0.29, 0.717) is 11.7 Å².